The second-order valence-corrected chi connectivity index (χ2v) is 8.49. The van der Waals surface area contributed by atoms with Gasteiger partial charge in [0.25, 0.3) is 5.56 Å². The number of benzene rings is 3. The van der Waals surface area contributed by atoms with Crippen molar-refractivity contribution in [3.63, 3.8) is 0 Å². The fourth-order valence-corrected chi connectivity index (χ4v) is 3.93. The molecule has 0 atom stereocenters. The molecule has 3 aromatic carbocycles. The van der Waals surface area contributed by atoms with Crippen LogP contribution in [0.15, 0.2) is 75.0 Å². The van der Waals surface area contributed by atoms with E-state index in [0.29, 0.717) is 45.2 Å². The van der Waals surface area contributed by atoms with Crippen molar-refractivity contribution >= 4 is 44.6 Å². The second kappa shape index (κ2) is 10.2. The van der Waals surface area contributed by atoms with Crippen molar-refractivity contribution < 1.29 is 9.47 Å². The van der Waals surface area contributed by atoms with Crippen LogP contribution < -0.4 is 15.0 Å². The van der Waals surface area contributed by atoms with Gasteiger partial charge in [-0.3, -0.25) is 4.79 Å². The molecule has 0 fully saturated rings. The summed E-state index contributed by atoms with van der Waals surface area (Å²) >= 11 is 9.68. The van der Waals surface area contributed by atoms with Gasteiger partial charge in [-0.25, -0.2) is 4.98 Å². The molecule has 0 unspecified atom stereocenters. The van der Waals surface area contributed by atoms with E-state index in [1.807, 2.05) is 55.5 Å². The number of para-hydroxylation sites is 1. The minimum Gasteiger partial charge on any atom is -0.493 e. The summed E-state index contributed by atoms with van der Waals surface area (Å²) in [6, 6.07) is 18.4. The van der Waals surface area contributed by atoms with Gasteiger partial charge in [-0.1, -0.05) is 58.7 Å². The van der Waals surface area contributed by atoms with Gasteiger partial charge < -0.3 is 9.47 Å². The monoisotopic (exact) mass is 525 g/mol. The summed E-state index contributed by atoms with van der Waals surface area (Å²) < 4.78 is 13.7. The molecule has 0 N–H and O–H groups in total. The van der Waals surface area contributed by atoms with Crippen molar-refractivity contribution in [1.29, 1.82) is 0 Å². The number of aryl methyl sites for hydroxylation is 1. The van der Waals surface area contributed by atoms with Gasteiger partial charge in [0.15, 0.2) is 11.5 Å². The van der Waals surface area contributed by atoms with Crippen LogP contribution in [0.4, 0.5) is 0 Å². The highest BCUT2D eigenvalue weighted by Gasteiger charge is 2.13. The summed E-state index contributed by atoms with van der Waals surface area (Å²) in [5, 5.41) is 5.58. The van der Waals surface area contributed by atoms with Crippen LogP contribution in [0.3, 0.4) is 0 Å². The normalized spacial score (nSPS) is 11.3. The Morgan fingerprint density at radius 1 is 1.15 bits per heavy atom. The summed E-state index contributed by atoms with van der Waals surface area (Å²) in [7, 11) is 1.57. The third kappa shape index (κ3) is 4.94. The molecule has 0 amide bonds. The van der Waals surface area contributed by atoms with Crippen molar-refractivity contribution in [3.05, 3.63) is 97.5 Å². The van der Waals surface area contributed by atoms with E-state index >= 15 is 0 Å². The lowest BCUT2D eigenvalue weighted by Gasteiger charge is -2.14. The zero-order chi connectivity index (χ0) is 23.4. The van der Waals surface area contributed by atoms with E-state index < -0.39 is 0 Å². The average molecular weight is 527 g/mol. The van der Waals surface area contributed by atoms with E-state index in [2.05, 4.69) is 26.0 Å². The molecule has 1 heterocycles. The smallest absolute Gasteiger partial charge is 0.282 e. The lowest BCUT2D eigenvalue weighted by molar-refractivity contribution is 0.284. The molecule has 0 saturated heterocycles. The standard InChI is InChI=1S/C25H21BrClN3O3/c1-3-23-29-21-12-11-18(26)13-19(21)25(31)30(23)28-14-16-8-6-10-22(32-2)24(16)33-15-17-7-4-5-9-20(17)27/h4-14H,3,15H2,1-2H3. The number of nitrogens with zero attached hydrogens (tertiary/aromatic N) is 3. The zero-order valence-electron chi connectivity index (χ0n) is 18.1. The average Bonchev–Trinajstić information content (AvgIpc) is 2.83. The zero-order valence-corrected chi connectivity index (χ0v) is 20.4. The number of aromatic nitrogens is 2. The Kier molecular flexibility index (Phi) is 7.11. The van der Waals surface area contributed by atoms with Crippen molar-refractivity contribution in [2.45, 2.75) is 20.0 Å². The van der Waals surface area contributed by atoms with Crippen LogP contribution >= 0.6 is 27.5 Å². The van der Waals surface area contributed by atoms with Gasteiger partial charge in [0.2, 0.25) is 0 Å². The maximum absolute atomic E-state index is 13.2. The Bertz CT molecular complexity index is 1400. The Morgan fingerprint density at radius 2 is 1.97 bits per heavy atom. The van der Waals surface area contributed by atoms with Crippen LogP contribution in [0.2, 0.25) is 5.02 Å². The summed E-state index contributed by atoms with van der Waals surface area (Å²) in [5.74, 6) is 1.62. The van der Waals surface area contributed by atoms with E-state index in [1.54, 1.807) is 25.5 Å². The molecule has 1 aromatic heterocycles. The van der Waals surface area contributed by atoms with E-state index in [4.69, 9.17) is 21.1 Å². The van der Waals surface area contributed by atoms with Gasteiger partial charge in [-0.15, -0.1) is 0 Å². The number of fused-ring (bicyclic) bond motifs is 1. The molecule has 0 bridgehead atoms. The molecular weight excluding hydrogens is 506 g/mol. The maximum Gasteiger partial charge on any atom is 0.282 e. The third-order valence-corrected chi connectivity index (χ3v) is 5.92. The lowest BCUT2D eigenvalue weighted by atomic mass is 10.2. The van der Waals surface area contributed by atoms with E-state index in [9.17, 15) is 4.79 Å². The first-order valence-electron chi connectivity index (χ1n) is 10.3. The molecule has 168 valence electrons. The number of halogens is 2. The van der Waals surface area contributed by atoms with Crippen molar-refractivity contribution in [2.75, 3.05) is 7.11 Å². The maximum atomic E-state index is 13.2. The van der Waals surface area contributed by atoms with E-state index in [-0.39, 0.29) is 12.2 Å². The van der Waals surface area contributed by atoms with Crippen LogP contribution in [0.5, 0.6) is 11.5 Å². The SMILES string of the molecule is CCc1nc2ccc(Br)cc2c(=O)n1N=Cc1cccc(OC)c1OCc1ccccc1Cl. The first-order valence-corrected chi connectivity index (χ1v) is 11.5. The summed E-state index contributed by atoms with van der Waals surface area (Å²) in [5.41, 5.74) is 1.90. The number of hydrogen-bond donors (Lipinski definition) is 0. The molecule has 0 spiro atoms. The summed E-state index contributed by atoms with van der Waals surface area (Å²) in [4.78, 5) is 17.8. The number of methoxy groups -OCH3 is 1. The second-order valence-electron chi connectivity index (χ2n) is 7.16. The highest BCUT2D eigenvalue weighted by Crippen LogP contribution is 2.31. The van der Waals surface area contributed by atoms with Gasteiger partial charge in [0, 0.05) is 27.0 Å². The molecule has 6 nitrogen and oxygen atoms in total. The molecule has 4 rings (SSSR count). The highest BCUT2D eigenvalue weighted by molar-refractivity contribution is 9.10. The van der Waals surface area contributed by atoms with E-state index in [0.717, 1.165) is 10.0 Å². The van der Waals surface area contributed by atoms with Crippen molar-refractivity contribution in [1.82, 2.24) is 9.66 Å². The topological polar surface area (TPSA) is 65.7 Å². The van der Waals surface area contributed by atoms with Crippen LogP contribution in [-0.4, -0.2) is 23.0 Å². The minimum atomic E-state index is -0.240. The molecule has 0 radical (unpaired) electrons. The van der Waals surface area contributed by atoms with Crippen LogP contribution in [0.25, 0.3) is 10.9 Å². The Labute approximate surface area is 204 Å². The van der Waals surface area contributed by atoms with E-state index in [1.165, 1.54) is 4.68 Å². The van der Waals surface area contributed by atoms with Gasteiger partial charge >= 0.3 is 0 Å². The van der Waals surface area contributed by atoms with Crippen molar-refractivity contribution in [3.8, 4) is 11.5 Å². The molecule has 0 aliphatic heterocycles. The largest absolute Gasteiger partial charge is 0.493 e. The van der Waals surface area contributed by atoms with Gasteiger partial charge in [-0.2, -0.15) is 9.78 Å². The predicted octanol–water partition coefficient (Wildman–Crippen LogP) is 5.84. The first-order chi connectivity index (χ1) is 16.0. The molecule has 33 heavy (non-hydrogen) atoms. The molecule has 0 aliphatic carbocycles. The summed E-state index contributed by atoms with van der Waals surface area (Å²) in [6.07, 6.45) is 2.13. The van der Waals surface area contributed by atoms with Crippen LogP contribution in [-0.2, 0) is 13.0 Å². The third-order valence-electron chi connectivity index (χ3n) is 5.06. The van der Waals surface area contributed by atoms with Gasteiger partial charge in [0.05, 0.1) is 24.2 Å². The quantitative estimate of drug-likeness (QED) is 0.284. The Hall–Kier alpha value is -3.16. The van der Waals surface area contributed by atoms with Gasteiger partial charge in [-0.05, 0) is 36.4 Å². The molecule has 4 aromatic rings. The number of ether oxygens (including phenoxy) is 2. The predicted molar refractivity (Wildman–Crippen MR) is 135 cm³/mol. The molecular formula is C25H21BrClN3O3. The highest BCUT2D eigenvalue weighted by atomic mass is 79.9. The number of rotatable bonds is 7. The van der Waals surface area contributed by atoms with Crippen molar-refractivity contribution in [2.24, 2.45) is 5.10 Å². The first kappa shape index (κ1) is 23.0. The molecule has 0 aliphatic rings. The fourth-order valence-electron chi connectivity index (χ4n) is 3.38. The van der Waals surface area contributed by atoms with Crippen LogP contribution in [0, 0.1) is 0 Å². The van der Waals surface area contributed by atoms with Gasteiger partial charge in [0.1, 0.15) is 12.4 Å². The molecule has 0 saturated carbocycles. The molecule has 8 heteroatoms. The lowest BCUT2D eigenvalue weighted by Crippen LogP contribution is -2.22. The number of hydrogen-bond acceptors (Lipinski definition) is 5. The summed E-state index contributed by atoms with van der Waals surface area (Å²) in [6.45, 7) is 2.19. The van der Waals surface area contributed by atoms with Crippen LogP contribution in [0.1, 0.15) is 23.9 Å². The minimum absolute atomic E-state index is 0.240. The Morgan fingerprint density at radius 3 is 2.73 bits per heavy atom. The fraction of sp³-hybridized carbons (Fsp3) is 0.160. The Balaban J connectivity index is 1.74.